The van der Waals surface area contributed by atoms with Crippen LogP contribution in [0.15, 0.2) is 18.2 Å². The van der Waals surface area contributed by atoms with E-state index in [1.165, 1.54) is 16.8 Å². The summed E-state index contributed by atoms with van der Waals surface area (Å²) in [4.78, 5) is 2.32. The van der Waals surface area contributed by atoms with Crippen molar-refractivity contribution in [3.05, 3.63) is 29.3 Å². The SMILES string of the molecule is Cc1ccc(NCC2CN(C)CCO2)c(C)c1. The van der Waals surface area contributed by atoms with Gasteiger partial charge >= 0.3 is 0 Å². The van der Waals surface area contributed by atoms with Crippen LogP contribution in [-0.4, -0.2) is 44.3 Å². The van der Waals surface area contributed by atoms with Gasteiger partial charge in [-0.2, -0.15) is 0 Å². The Bertz CT molecular complexity index is 378. The Morgan fingerprint density at radius 2 is 2.24 bits per heavy atom. The van der Waals surface area contributed by atoms with Crippen LogP contribution in [0.3, 0.4) is 0 Å². The lowest BCUT2D eigenvalue weighted by Gasteiger charge is -2.30. The second-order valence-corrected chi connectivity index (χ2v) is 4.95. The maximum atomic E-state index is 5.73. The first-order chi connectivity index (χ1) is 8.15. The van der Waals surface area contributed by atoms with Gasteiger partial charge in [0.15, 0.2) is 0 Å². The third-order valence-electron chi connectivity index (χ3n) is 3.24. The molecule has 1 aliphatic heterocycles. The Balaban J connectivity index is 1.88. The van der Waals surface area contributed by atoms with Crippen molar-refractivity contribution in [3.63, 3.8) is 0 Å². The summed E-state index contributed by atoms with van der Waals surface area (Å²) in [5.74, 6) is 0. The van der Waals surface area contributed by atoms with Crippen LogP contribution in [0.1, 0.15) is 11.1 Å². The number of hydrogen-bond acceptors (Lipinski definition) is 3. The minimum atomic E-state index is 0.300. The van der Waals surface area contributed by atoms with Crippen molar-refractivity contribution in [2.75, 3.05) is 38.6 Å². The molecule has 1 N–H and O–H groups in total. The first kappa shape index (κ1) is 12.4. The van der Waals surface area contributed by atoms with Crippen LogP contribution in [0.4, 0.5) is 5.69 Å². The molecule has 1 aromatic rings. The minimum Gasteiger partial charge on any atom is -0.382 e. The molecule has 3 nitrogen and oxygen atoms in total. The molecule has 0 spiro atoms. The summed E-state index contributed by atoms with van der Waals surface area (Å²) in [6.07, 6.45) is 0.300. The highest BCUT2D eigenvalue weighted by molar-refractivity contribution is 5.51. The van der Waals surface area contributed by atoms with Crippen LogP contribution in [-0.2, 0) is 4.74 Å². The standard InChI is InChI=1S/C14H22N2O/c1-11-4-5-14(12(2)8-11)15-9-13-10-16(3)6-7-17-13/h4-5,8,13,15H,6-7,9-10H2,1-3H3. The van der Waals surface area contributed by atoms with Gasteiger partial charge in [0.1, 0.15) is 0 Å². The van der Waals surface area contributed by atoms with Crippen molar-refractivity contribution in [1.82, 2.24) is 4.90 Å². The average Bonchev–Trinajstić information content (AvgIpc) is 2.28. The zero-order chi connectivity index (χ0) is 12.3. The van der Waals surface area contributed by atoms with Crippen molar-refractivity contribution in [3.8, 4) is 0 Å². The Morgan fingerprint density at radius 1 is 1.41 bits per heavy atom. The molecule has 94 valence electrons. The molecule has 0 aromatic heterocycles. The van der Waals surface area contributed by atoms with Gasteiger partial charge in [0, 0.05) is 25.3 Å². The Kier molecular flexibility index (Phi) is 4.02. The molecule has 3 heteroatoms. The van der Waals surface area contributed by atoms with E-state index in [1.807, 2.05) is 0 Å². The van der Waals surface area contributed by atoms with Gasteiger partial charge in [-0.15, -0.1) is 0 Å². The predicted molar refractivity (Wildman–Crippen MR) is 71.6 cm³/mol. The number of nitrogens with one attached hydrogen (secondary N) is 1. The highest BCUT2D eigenvalue weighted by Crippen LogP contribution is 2.16. The second kappa shape index (κ2) is 5.52. The second-order valence-electron chi connectivity index (χ2n) is 4.95. The Hall–Kier alpha value is -1.06. The molecule has 0 bridgehead atoms. The highest BCUT2D eigenvalue weighted by Gasteiger charge is 2.17. The van der Waals surface area contributed by atoms with Crippen LogP contribution in [0.2, 0.25) is 0 Å². The molecule has 1 saturated heterocycles. The maximum Gasteiger partial charge on any atom is 0.0874 e. The molecular weight excluding hydrogens is 212 g/mol. The first-order valence-corrected chi connectivity index (χ1v) is 6.26. The van der Waals surface area contributed by atoms with Gasteiger partial charge in [-0.05, 0) is 32.5 Å². The average molecular weight is 234 g/mol. The maximum absolute atomic E-state index is 5.73. The normalized spacial score (nSPS) is 21.5. The minimum absolute atomic E-state index is 0.300. The van der Waals surface area contributed by atoms with Crippen LogP contribution in [0.25, 0.3) is 0 Å². The van der Waals surface area contributed by atoms with Crippen LogP contribution < -0.4 is 5.32 Å². The molecule has 0 radical (unpaired) electrons. The summed E-state index contributed by atoms with van der Waals surface area (Å²) in [7, 11) is 2.15. The van der Waals surface area contributed by atoms with Crippen LogP contribution in [0, 0.1) is 13.8 Å². The molecule has 17 heavy (non-hydrogen) atoms. The van der Waals surface area contributed by atoms with Crippen LogP contribution >= 0.6 is 0 Å². The van der Waals surface area contributed by atoms with E-state index in [0.29, 0.717) is 6.10 Å². The third kappa shape index (κ3) is 3.45. The van der Waals surface area contributed by atoms with E-state index in [0.717, 1.165) is 26.2 Å². The topological polar surface area (TPSA) is 24.5 Å². The molecule has 0 saturated carbocycles. The fourth-order valence-corrected chi connectivity index (χ4v) is 2.23. The summed E-state index contributed by atoms with van der Waals surface area (Å²) in [6.45, 7) is 8.04. The zero-order valence-corrected chi connectivity index (χ0v) is 11.0. The molecular formula is C14H22N2O. The molecule has 0 aliphatic carbocycles. The number of ether oxygens (including phenoxy) is 1. The van der Waals surface area contributed by atoms with Gasteiger partial charge in [-0.1, -0.05) is 17.7 Å². The highest BCUT2D eigenvalue weighted by atomic mass is 16.5. The van der Waals surface area contributed by atoms with Gasteiger partial charge in [0.05, 0.1) is 12.7 Å². The van der Waals surface area contributed by atoms with Crippen molar-refractivity contribution >= 4 is 5.69 Å². The number of nitrogens with zero attached hydrogens (tertiary/aromatic N) is 1. The van der Waals surface area contributed by atoms with E-state index in [9.17, 15) is 0 Å². The molecule has 2 rings (SSSR count). The van der Waals surface area contributed by atoms with Gasteiger partial charge < -0.3 is 15.0 Å². The van der Waals surface area contributed by atoms with E-state index in [1.54, 1.807) is 0 Å². The van der Waals surface area contributed by atoms with E-state index in [2.05, 4.69) is 49.3 Å². The number of aryl methyl sites for hydroxylation is 2. The Morgan fingerprint density at radius 3 is 2.94 bits per heavy atom. The summed E-state index contributed by atoms with van der Waals surface area (Å²) in [5.41, 5.74) is 3.82. The summed E-state index contributed by atoms with van der Waals surface area (Å²) in [6, 6.07) is 6.50. The van der Waals surface area contributed by atoms with E-state index in [4.69, 9.17) is 4.74 Å². The molecule has 1 heterocycles. The largest absolute Gasteiger partial charge is 0.382 e. The van der Waals surface area contributed by atoms with Gasteiger partial charge in [0.2, 0.25) is 0 Å². The lowest BCUT2D eigenvalue weighted by atomic mass is 10.1. The van der Waals surface area contributed by atoms with E-state index >= 15 is 0 Å². The number of hydrogen-bond donors (Lipinski definition) is 1. The molecule has 0 amide bonds. The molecule has 1 fully saturated rings. The quantitative estimate of drug-likeness (QED) is 0.866. The fraction of sp³-hybridized carbons (Fsp3) is 0.571. The lowest BCUT2D eigenvalue weighted by Crippen LogP contribution is -2.43. The van der Waals surface area contributed by atoms with Crippen molar-refractivity contribution < 1.29 is 4.74 Å². The Labute approximate surface area is 104 Å². The first-order valence-electron chi connectivity index (χ1n) is 6.26. The summed E-state index contributed by atoms with van der Waals surface area (Å²) >= 11 is 0. The monoisotopic (exact) mass is 234 g/mol. The number of morpholine rings is 1. The summed E-state index contributed by atoms with van der Waals surface area (Å²) in [5, 5.41) is 3.48. The molecule has 1 unspecified atom stereocenters. The predicted octanol–water partition coefficient (Wildman–Crippen LogP) is 2.05. The van der Waals surface area contributed by atoms with Crippen LogP contribution in [0.5, 0.6) is 0 Å². The number of rotatable bonds is 3. The zero-order valence-electron chi connectivity index (χ0n) is 11.0. The van der Waals surface area contributed by atoms with Gasteiger partial charge in [-0.3, -0.25) is 0 Å². The van der Waals surface area contributed by atoms with Crippen molar-refractivity contribution in [2.45, 2.75) is 20.0 Å². The summed E-state index contributed by atoms with van der Waals surface area (Å²) < 4.78 is 5.73. The molecule has 1 atom stereocenters. The lowest BCUT2D eigenvalue weighted by molar-refractivity contribution is -0.0117. The number of likely N-dealkylation sites (N-methyl/N-ethyl adjacent to an activating group) is 1. The number of anilines is 1. The van der Waals surface area contributed by atoms with Crippen molar-refractivity contribution in [2.24, 2.45) is 0 Å². The van der Waals surface area contributed by atoms with Crippen molar-refractivity contribution in [1.29, 1.82) is 0 Å². The van der Waals surface area contributed by atoms with Gasteiger partial charge in [-0.25, -0.2) is 0 Å². The molecule has 1 aliphatic rings. The number of benzene rings is 1. The van der Waals surface area contributed by atoms with E-state index in [-0.39, 0.29) is 0 Å². The third-order valence-corrected chi connectivity index (χ3v) is 3.24. The smallest absolute Gasteiger partial charge is 0.0874 e. The molecule has 1 aromatic carbocycles. The van der Waals surface area contributed by atoms with E-state index < -0.39 is 0 Å². The van der Waals surface area contributed by atoms with Gasteiger partial charge in [0.25, 0.3) is 0 Å². The fourth-order valence-electron chi connectivity index (χ4n) is 2.23.